The van der Waals surface area contributed by atoms with Gasteiger partial charge in [-0.15, -0.1) is 0 Å². The molecule has 138 valence electrons. The van der Waals surface area contributed by atoms with Gasteiger partial charge in [0, 0.05) is 18.0 Å². The Morgan fingerprint density at radius 2 is 2.04 bits per heavy atom. The van der Waals surface area contributed by atoms with Crippen molar-refractivity contribution >= 4 is 0 Å². The largest absolute Gasteiger partial charge is 0.444 e. The van der Waals surface area contributed by atoms with E-state index >= 15 is 0 Å². The van der Waals surface area contributed by atoms with E-state index in [-0.39, 0.29) is 5.56 Å². The van der Waals surface area contributed by atoms with Crippen molar-refractivity contribution in [3.63, 3.8) is 0 Å². The van der Waals surface area contributed by atoms with Crippen molar-refractivity contribution in [1.29, 1.82) is 0 Å². The lowest BCUT2D eigenvalue weighted by molar-refractivity contribution is 0.196. The molecule has 3 heterocycles. The number of hydrogen-bond acceptors (Lipinski definition) is 5. The van der Waals surface area contributed by atoms with Crippen LogP contribution >= 0.6 is 0 Å². The maximum Gasteiger partial charge on any atom is 0.267 e. The van der Waals surface area contributed by atoms with Gasteiger partial charge < -0.3 is 4.42 Å². The maximum atomic E-state index is 12.5. The van der Waals surface area contributed by atoms with Crippen molar-refractivity contribution in [2.24, 2.45) is 0 Å². The monoisotopic (exact) mass is 354 g/mol. The van der Waals surface area contributed by atoms with Crippen molar-refractivity contribution in [3.05, 3.63) is 45.5 Å². The number of nitrogens with zero attached hydrogens (tertiary/aromatic N) is 4. The van der Waals surface area contributed by atoms with Crippen LogP contribution < -0.4 is 5.56 Å². The fourth-order valence-electron chi connectivity index (χ4n) is 4.37. The van der Waals surface area contributed by atoms with E-state index in [1.807, 2.05) is 12.3 Å². The molecule has 26 heavy (non-hydrogen) atoms. The summed E-state index contributed by atoms with van der Waals surface area (Å²) in [7, 11) is 0. The molecule has 0 aromatic carbocycles. The van der Waals surface area contributed by atoms with Crippen LogP contribution in [0.2, 0.25) is 0 Å². The number of hydrogen-bond donors (Lipinski definition) is 0. The zero-order chi connectivity index (χ0) is 17.5. The van der Waals surface area contributed by atoms with Gasteiger partial charge in [0.1, 0.15) is 5.76 Å². The Kier molecular flexibility index (Phi) is 4.15. The molecule has 2 aliphatic carbocycles. The molecule has 5 rings (SSSR count). The third kappa shape index (κ3) is 3.22. The van der Waals surface area contributed by atoms with Crippen LogP contribution in [-0.4, -0.2) is 32.3 Å². The van der Waals surface area contributed by atoms with Gasteiger partial charge in [-0.05, 0) is 63.5 Å². The second-order valence-electron chi connectivity index (χ2n) is 8.04. The van der Waals surface area contributed by atoms with E-state index in [0.717, 1.165) is 61.7 Å². The van der Waals surface area contributed by atoms with E-state index in [1.54, 1.807) is 4.68 Å². The average Bonchev–Trinajstić information content (AvgIpc) is 3.24. The minimum absolute atomic E-state index is 0.0460. The lowest BCUT2D eigenvalue weighted by Gasteiger charge is -2.24. The molecule has 2 fully saturated rings. The molecule has 0 spiro atoms. The van der Waals surface area contributed by atoms with E-state index in [2.05, 4.69) is 9.88 Å². The van der Waals surface area contributed by atoms with Gasteiger partial charge in [0.15, 0.2) is 0 Å². The lowest BCUT2D eigenvalue weighted by Crippen LogP contribution is -2.37. The van der Waals surface area contributed by atoms with Crippen LogP contribution in [0.15, 0.2) is 21.5 Å². The first-order valence-electron chi connectivity index (χ1n) is 10.0. The summed E-state index contributed by atoms with van der Waals surface area (Å²) in [5, 5.41) is 4.69. The number of rotatable bonds is 5. The van der Waals surface area contributed by atoms with Crippen LogP contribution in [0.5, 0.6) is 0 Å². The summed E-state index contributed by atoms with van der Waals surface area (Å²) in [6.07, 6.45) is 11.0. The molecule has 6 nitrogen and oxygen atoms in total. The Labute approximate surface area is 153 Å². The first-order valence-corrected chi connectivity index (χ1v) is 10.0. The molecule has 1 saturated heterocycles. The normalized spacial score (nSPS) is 23.3. The maximum absolute atomic E-state index is 12.5. The topological polar surface area (TPSA) is 64.2 Å². The third-order valence-electron chi connectivity index (χ3n) is 6.05. The fraction of sp³-hybridized carbons (Fsp3) is 0.650. The molecule has 6 heteroatoms. The SMILES string of the molecule is O=c1cc2c(nn1CC1CCCN1Cc1ncc(C3CC3)o1)CCCC2. The Morgan fingerprint density at radius 3 is 2.92 bits per heavy atom. The Morgan fingerprint density at radius 1 is 1.15 bits per heavy atom. The van der Waals surface area contributed by atoms with Gasteiger partial charge in [-0.1, -0.05) is 0 Å². The van der Waals surface area contributed by atoms with Crippen LogP contribution in [0.25, 0.3) is 0 Å². The van der Waals surface area contributed by atoms with Crippen LogP contribution in [0.1, 0.15) is 67.4 Å². The molecule has 1 aliphatic heterocycles. The van der Waals surface area contributed by atoms with E-state index < -0.39 is 0 Å². The van der Waals surface area contributed by atoms with Crippen molar-refractivity contribution in [3.8, 4) is 0 Å². The van der Waals surface area contributed by atoms with Crippen LogP contribution in [-0.2, 0) is 25.9 Å². The molecule has 1 unspecified atom stereocenters. The van der Waals surface area contributed by atoms with Gasteiger partial charge in [0.2, 0.25) is 5.89 Å². The summed E-state index contributed by atoms with van der Waals surface area (Å²) >= 11 is 0. The zero-order valence-electron chi connectivity index (χ0n) is 15.2. The highest BCUT2D eigenvalue weighted by molar-refractivity contribution is 5.20. The predicted octanol–water partition coefficient (Wildman–Crippen LogP) is 2.65. The third-order valence-corrected chi connectivity index (χ3v) is 6.05. The number of oxazole rings is 1. The first-order chi connectivity index (χ1) is 12.8. The van der Waals surface area contributed by atoms with E-state index in [0.29, 0.717) is 18.5 Å². The quantitative estimate of drug-likeness (QED) is 0.826. The van der Waals surface area contributed by atoms with Crippen molar-refractivity contribution in [1.82, 2.24) is 19.7 Å². The molecule has 1 atom stereocenters. The summed E-state index contributed by atoms with van der Waals surface area (Å²) < 4.78 is 7.62. The number of fused-ring (bicyclic) bond motifs is 1. The van der Waals surface area contributed by atoms with Crippen molar-refractivity contribution < 1.29 is 4.42 Å². The molecule has 0 amide bonds. The van der Waals surface area contributed by atoms with Crippen LogP contribution in [0.3, 0.4) is 0 Å². The fourth-order valence-corrected chi connectivity index (χ4v) is 4.37. The van der Waals surface area contributed by atoms with Gasteiger partial charge in [-0.3, -0.25) is 9.69 Å². The summed E-state index contributed by atoms with van der Waals surface area (Å²) in [5.41, 5.74) is 2.33. The van der Waals surface area contributed by atoms with Crippen molar-refractivity contribution in [2.75, 3.05) is 6.54 Å². The van der Waals surface area contributed by atoms with Gasteiger partial charge in [-0.25, -0.2) is 9.67 Å². The highest BCUT2D eigenvalue weighted by Crippen LogP contribution is 2.40. The van der Waals surface area contributed by atoms with E-state index in [4.69, 9.17) is 9.52 Å². The second-order valence-corrected chi connectivity index (χ2v) is 8.04. The van der Waals surface area contributed by atoms with Crippen molar-refractivity contribution in [2.45, 2.75) is 76.4 Å². The summed E-state index contributed by atoms with van der Waals surface area (Å²) in [6, 6.07) is 2.15. The molecule has 1 saturated carbocycles. The first kappa shape index (κ1) is 16.2. The molecule has 0 bridgehead atoms. The minimum Gasteiger partial charge on any atom is -0.444 e. The lowest BCUT2D eigenvalue weighted by atomic mass is 9.97. The average molecular weight is 354 g/mol. The standard InChI is InChI=1S/C20H26N4O2/c25-20-10-15-4-1-2-6-17(15)22-24(20)12-16-5-3-9-23(16)13-19-21-11-18(26-19)14-7-8-14/h10-11,14,16H,1-9,12-13H2. The second kappa shape index (κ2) is 6.65. The number of likely N-dealkylation sites (tertiary alicyclic amines) is 1. The smallest absolute Gasteiger partial charge is 0.267 e. The number of aromatic nitrogens is 3. The van der Waals surface area contributed by atoms with Gasteiger partial charge in [0.25, 0.3) is 5.56 Å². The van der Waals surface area contributed by atoms with Gasteiger partial charge in [0.05, 0.1) is 25.0 Å². The zero-order valence-corrected chi connectivity index (χ0v) is 15.2. The van der Waals surface area contributed by atoms with Crippen LogP contribution in [0, 0.1) is 0 Å². The van der Waals surface area contributed by atoms with E-state index in [9.17, 15) is 4.79 Å². The molecule has 3 aliphatic rings. The molecule has 2 aromatic rings. The summed E-state index contributed by atoms with van der Waals surface area (Å²) in [4.78, 5) is 19.3. The van der Waals surface area contributed by atoms with Crippen LogP contribution in [0.4, 0.5) is 0 Å². The summed E-state index contributed by atoms with van der Waals surface area (Å²) in [5.74, 6) is 2.46. The molecule has 2 aromatic heterocycles. The van der Waals surface area contributed by atoms with Gasteiger partial charge in [-0.2, -0.15) is 5.10 Å². The molecular weight excluding hydrogens is 328 g/mol. The number of aryl methyl sites for hydroxylation is 2. The Balaban J connectivity index is 1.30. The Bertz CT molecular complexity index is 852. The molecule has 0 radical (unpaired) electrons. The highest BCUT2D eigenvalue weighted by atomic mass is 16.4. The molecular formula is C20H26N4O2. The summed E-state index contributed by atoms with van der Waals surface area (Å²) in [6.45, 7) is 2.44. The molecule has 0 N–H and O–H groups in total. The Hall–Kier alpha value is -1.95. The highest BCUT2D eigenvalue weighted by Gasteiger charge is 2.30. The minimum atomic E-state index is 0.0460. The van der Waals surface area contributed by atoms with Gasteiger partial charge >= 0.3 is 0 Å². The van der Waals surface area contributed by atoms with E-state index in [1.165, 1.54) is 25.7 Å². The predicted molar refractivity (Wildman–Crippen MR) is 97.0 cm³/mol.